The SMILES string of the molecule is CN1C=CC(c2cc3cc4ccc(cc5nc(cc6nc(cc2[nH]3)C=C6)C=C5)[nH]4)=CC1.Cc1cc(S(=O)(=O)O)c(C)c(C)c1C. The smallest absolute Gasteiger partial charge is 0.294 e. The first-order valence-corrected chi connectivity index (χ1v) is 16.1. The van der Waals surface area contributed by atoms with Crippen LogP contribution in [0.2, 0.25) is 0 Å². The summed E-state index contributed by atoms with van der Waals surface area (Å²) in [7, 11) is -2.02. The van der Waals surface area contributed by atoms with Crippen LogP contribution in [0.1, 0.15) is 50.6 Å². The van der Waals surface area contributed by atoms with Crippen LogP contribution < -0.4 is 0 Å². The molecule has 0 radical (unpaired) electrons. The highest BCUT2D eigenvalue weighted by molar-refractivity contribution is 7.85. The summed E-state index contributed by atoms with van der Waals surface area (Å²) >= 11 is 0. The molecule has 0 saturated carbocycles. The maximum atomic E-state index is 11.0. The summed E-state index contributed by atoms with van der Waals surface area (Å²) in [5.41, 5.74) is 13.7. The van der Waals surface area contributed by atoms with Crippen LogP contribution in [-0.2, 0) is 10.1 Å². The third kappa shape index (κ3) is 6.60. The highest BCUT2D eigenvalue weighted by atomic mass is 32.2. The van der Waals surface area contributed by atoms with Gasteiger partial charge in [-0.05, 0) is 141 Å². The topological polar surface area (TPSA) is 115 Å². The number of fused-ring (bicyclic) bond motifs is 8. The Morgan fingerprint density at radius 3 is 1.96 bits per heavy atom. The van der Waals surface area contributed by atoms with Gasteiger partial charge >= 0.3 is 0 Å². The first-order valence-electron chi connectivity index (χ1n) is 14.7. The Hall–Kier alpha value is -4.99. The lowest BCUT2D eigenvalue weighted by molar-refractivity contribution is 0.482. The Bertz CT molecular complexity index is 2230. The number of nitrogens with one attached hydrogen (secondary N) is 2. The summed E-state index contributed by atoms with van der Waals surface area (Å²) < 4.78 is 31.0. The van der Waals surface area contributed by atoms with Crippen LogP contribution in [0.4, 0.5) is 0 Å². The zero-order valence-electron chi connectivity index (χ0n) is 25.9. The van der Waals surface area contributed by atoms with Crippen LogP contribution in [-0.4, -0.2) is 51.4 Å². The minimum absolute atomic E-state index is 0.0121. The number of aryl methyl sites for hydroxylation is 1. The second-order valence-electron chi connectivity index (χ2n) is 11.5. The highest BCUT2D eigenvalue weighted by Gasteiger charge is 2.16. The first-order chi connectivity index (χ1) is 21.4. The Kier molecular flexibility index (Phi) is 7.90. The van der Waals surface area contributed by atoms with E-state index in [1.54, 1.807) is 6.92 Å². The molecule has 9 heteroatoms. The average Bonchev–Trinajstić information content (AvgIpc) is 3.80. The maximum Gasteiger partial charge on any atom is 0.294 e. The van der Waals surface area contributed by atoms with Gasteiger partial charge in [-0.25, -0.2) is 9.97 Å². The molecule has 8 bridgehead atoms. The first kappa shape index (κ1) is 30.1. The molecule has 1 aromatic carbocycles. The lowest BCUT2D eigenvalue weighted by atomic mass is 10.00. The molecule has 7 rings (SSSR count). The predicted molar refractivity (Wildman–Crippen MR) is 184 cm³/mol. The number of hydrogen-bond donors (Lipinski definition) is 3. The zero-order valence-corrected chi connectivity index (χ0v) is 26.7. The van der Waals surface area contributed by atoms with Gasteiger partial charge in [-0.2, -0.15) is 8.42 Å². The molecule has 0 saturated heterocycles. The van der Waals surface area contributed by atoms with Crippen LogP contribution in [0.5, 0.6) is 0 Å². The van der Waals surface area contributed by atoms with Gasteiger partial charge in [-0.1, -0.05) is 6.08 Å². The summed E-state index contributed by atoms with van der Waals surface area (Å²) in [4.78, 5) is 18.7. The van der Waals surface area contributed by atoms with Crippen molar-refractivity contribution in [2.45, 2.75) is 32.6 Å². The molecule has 0 spiro atoms. The van der Waals surface area contributed by atoms with Gasteiger partial charge in [-0.3, -0.25) is 4.55 Å². The van der Waals surface area contributed by atoms with Gasteiger partial charge in [0, 0.05) is 41.2 Å². The second kappa shape index (κ2) is 11.8. The van der Waals surface area contributed by atoms with Crippen LogP contribution in [0.25, 0.3) is 51.9 Å². The van der Waals surface area contributed by atoms with Crippen molar-refractivity contribution in [2.75, 3.05) is 13.6 Å². The normalized spacial score (nSPS) is 13.9. The minimum Gasteiger partial charge on any atom is -0.377 e. The van der Waals surface area contributed by atoms with Gasteiger partial charge in [0.25, 0.3) is 10.1 Å². The van der Waals surface area contributed by atoms with E-state index in [-0.39, 0.29) is 4.90 Å². The zero-order chi connectivity index (χ0) is 31.9. The molecule has 45 heavy (non-hydrogen) atoms. The van der Waals surface area contributed by atoms with E-state index in [1.165, 1.54) is 17.2 Å². The molecule has 0 amide bonds. The van der Waals surface area contributed by atoms with Crippen molar-refractivity contribution in [3.8, 4) is 0 Å². The number of nitrogens with zero attached hydrogens (tertiary/aromatic N) is 3. The van der Waals surface area contributed by atoms with E-state index in [0.717, 1.165) is 68.1 Å². The van der Waals surface area contributed by atoms with Crippen molar-refractivity contribution in [2.24, 2.45) is 0 Å². The molecule has 228 valence electrons. The van der Waals surface area contributed by atoms with Crippen molar-refractivity contribution in [3.05, 3.63) is 117 Å². The molecule has 0 atom stereocenters. The van der Waals surface area contributed by atoms with Crippen molar-refractivity contribution in [3.63, 3.8) is 0 Å². The quantitative estimate of drug-likeness (QED) is 0.172. The molecule has 0 aliphatic carbocycles. The van der Waals surface area contributed by atoms with Crippen molar-refractivity contribution in [1.82, 2.24) is 24.8 Å². The molecule has 3 aliphatic rings. The summed E-state index contributed by atoms with van der Waals surface area (Å²) in [5, 5.41) is 0. The number of allylic oxidation sites excluding steroid dienone is 2. The third-order valence-electron chi connectivity index (χ3n) is 8.30. The molecule has 3 N–H and O–H groups in total. The third-order valence-corrected chi connectivity index (χ3v) is 9.28. The molecular formula is C36H35N5O3S. The molecule has 8 nitrogen and oxygen atoms in total. The van der Waals surface area contributed by atoms with Gasteiger partial charge in [0.1, 0.15) is 0 Å². The monoisotopic (exact) mass is 617 g/mol. The van der Waals surface area contributed by atoms with Crippen LogP contribution in [0.15, 0.2) is 71.8 Å². The fraction of sp³-hybridized carbons (Fsp3) is 0.167. The Balaban J connectivity index is 0.000000216. The lowest BCUT2D eigenvalue weighted by Crippen LogP contribution is -2.13. The number of hydrogen-bond acceptors (Lipinski definition) is 5. The van der Waals surface area contributed by atoms with Crippen LogP contribution >= 0.6 is 0 Å². The van der Waals surface area contributed by atoms with Gasteiger partial charge in [-0.15, -0.1) is 0 Å². The summed E-state index contributed by atoms with van der Waals surface area (Å²) in [5.74, 6) is 0. The van der Waals surface area contributed by atoms with Crippen molar-refractivity contribution >= 4 is 62.1 Å². The number of benzene rings is 1. The van der Waals surface area contributed by atoms with E-state index in [2.05, 4.69) is 81.6 Å². The largest absolute Gasteiger partial charge is 0.377 e. The van der Waals surface area contributed by atoms with E-state index in [1.807, 2.05) is 51.1 Å². The Morgan fingerprint density at radius 1 is 0.711 bits per heavy atom. The summed E-state index contributed by atoms with van der Waals surface area (Å²) in [6, 6.07) is 16.2. The Labute approximate surface area is 263 Å². The molecular weight excluding hydrogens is 582 g/mol. The van der Waals surface area contributed by atoms with Crippen molar-refractivity contribution < 1.29 is 13.0 Å². The number of H-pyrrole nitrogens is 2. The molecule has 0 fully saturated rings. The number of aromatic nitrogens is 4. The van der Waals surface area contributed by atoms with Crippen molar-refractivity contribution in [1.29, 1.82) is 0 Å². The lowest BCUT2D eigenvalue weighted by Gasteiger charge is -2.16. The fourth-order valence-corrected chi connectivity index (χ4v) is 6.34. The van der Waals surface area contributed by atoms with Gasteiger partial charge in [0.2, 0.25) is 0 Å². The summed E-state index contributed by atoms with van der Waals surface area (Å²) in [6.45, 7) is 8.21. The molecule has 3 aliphatic heterocycles. The van der Waals surface area contributed by atoms with Gasteiger partial charge in [0.15, 0.2) is 0 Å². The summed E-state index contributed by atoms with van der Waals surface area (Å²) in [6.07, 6.45) is 14.7. The number of aromatic amines is 2. The van der Waals surface area contributed by atoms with E-state index in [4.69, 9.17) is 9.54 Å². The molecule has 3 aromatic heterocycles. The second-order valence-corrected chi connectivity index (χ2v) is 12.9. The van der Waals surface area contributed by atoms with Crippen LogP contribution in [0, 0.1) is 27.7 Å². The van der Waals surface area contributed by atoms with Gasteiger partial charge in [0.05, 0.1) is 27.7 Å². The average molecular weight is 618 g/mol. The number of likely N-dealkylation sites (N-methyl/N-ethyl adjacent to an activating group) is 1. The van der Waals surface area contributed by atoms with E-state index < -0.39 is 10.1 Å². The highest BCUT2D eigenvalue weighted by Crippen LogP contribution is 2.27. The molecule has 6 heterocycles. The Morgan fingerprint density at radius 2 is 1.33 bits per heavy atom. The standard InChI is InChI=1S/C26H21N5.C10H14O3S/c1-31-10-8-17(9-11-31)25-15-24-14-22-5-4-20(28-22)12-18-2-3-19(27-18)13-21-6-7-23(29-21)16-26(25)30-24;1-6-5-10(14(11,12)13)9(4)8(3)7(6)2/h2-10,12-16,28,30H,11H2,1H3;5H,1-4H3,(H,11,12,13). The molecule has 0 unspecified atom stereocenters. The van der Waals surface area contributed by atoms with E-state index >= 15 is 0 Å². The maximum absolute atomic E-state index is 11.0. The van der Waals surface area contributed by atoms with Gasteiger partial charge < -0.3 is 14.9 Å². The van der Waals surface area contributed by atoms with E-state index in [0.29, 0.717) is 5.56 Å². The predicted octanol–water partition coefficient (Wildman–Crippen LogP) is 7.67. The van der Waals surface area contributed by atoms with Crippen LogP contribution in [0.3, 0.4) is 0 Å². The van der Waals surface area contributed by atoms with E-state index in [9.17, 15) is 8.42 Å². The molecule has 4 aromatic rings. The fourth-order valence-electron chi connectivity index (χ4n) is 5.48. The minimum atomic E-state index is -4.10. The number of rotatable bonds is 2.